The molecule has 0 bridgehead atoms. The van der Waals surface area contributed by atoms with E-state index in [9.17, 15) is 4.79 Å². The molecule has 0 atom stereocenters. The van der Waals surface area contributed by atoms with Crippen molar-refractivity contribution in [2.24, 2.45) is 0 Å². The standard InChI is InChI=1S/C6H6INO2/c1-10-6-2-5(9)4(7)3-8-6/h2-3H,1H3,(H,8,9). The molecule has 1 rings (SSSR count). The number of aromatic amines is 1. The first-order chi connectivity index (χ1) is 4.74. The highest BCUT2D eigenvalue weighted by atomic mass is 127. The Morgan fingerprint density at radius 2 is 2.40 bits per heavy atom. The molecule has 0 radical (unpaired) electrons. The molecule has 54 valence electrons. The van der Waals surface area contributed by atoms with Crippen LogP contribution in [-0.2, 0) is 0 Å². The molecule has 1 heterocycles. The first-order valence-electron chi connectivity index (χ1n) is 2.66. The second-order valence-electron chi connectivity index (χ2n) is 1.71. The fourth-order valence-electron chi connectivity index (χ4n) is 0.553. The Hall–Kier alpha value is -0.520. The summed E-state index contributed by atoms with van der Waals surface area (Å²) in [7, 11) is 1.51. The highest BCUT2D eigenvalue weighted by Gasteiger charge is 1.95. The Labute approximate surface area is 71.6 Å². The lowest BCUT2D eigenvalue weighted by Crippen LogP contribution is -2.04. The van der Waals surface area contributed by atoms with Gasteiger partial charge < -0.3 is 9.72 Å². The van der Waals surface area contributed by atoms with Crippen LogP contribution in [0.15, 0.2) is 17.1 Å². The molecular weight excluding hydrogens is 245 g/mol. The Morgan fingerprint density at radius 1 is 1.70 bits per heavy atom. The number of hydrogen-bond donors (Lipinski definition) is 1. The maximum atomic E-state index is 10.9. The van der Waals surface area contributed by atoms with E-state index in [1.165, 1.54) is 13.2 Å². The number of H-pyrrole nitrogens is 1. The summed E-state index contributed by atoms with van der Waals surface area (Å²) in [6.45, 7) is 0. The number of halogens is 1. The van der Waals surface area contributed by atoms with Crippen LogP contribution in [0.4, 0.5) is 0 Å². The van der Waals surface area contributed by atoms with Gasteiger partial charge in [0.15, 0.2) is 11.3 Å². The predicted octanol–water partition coefficient (Wildman–Crippen LogP) is 0.988. The van der Waals surface area contributed by atoms with Gasteiger partial charge in [-0.2, -0.15) is 0 Å². The average Bonchev–Trinajstić information content (AvgIpc) is 1.95. The monoisotopic (exact) mass is 251 g/mol. The number of aromatic nitrogens is 1. The summed E-state index contributed by atoms with van der Waals surface area (Å²) in [6.07, 6.45) is 1.61. The van der Waals surface area contributed by atoms with Crippen LogP contribution in [0.5, 0.6) is 5.88 Å². The fourth-order valence-corrected chi connectivity index (χ4v) is 0.865. The number of rotatable bonds is 1. The summed E-state index contributed by atoms with van der Waals surface area (Å²) < 4.78 is 5.46. The summed E-state index contributed by atoms with van der Waals surface area (Å²) in [5.41, 5.74) is -0.0174. The van der Waals surface area contributed by atoms with Crippen molar-refractivity contribution < 1.29 is 4.74 Å². The summed E-state index contributed by atoms with van der Waals surface area (Å²) >= 11 is 1.96. The van der Waals surface area contributed by atoms with Crippen LogP contribution < -0.4 is 10.2 Å². The van der Waals surface area contributed by atoms with Gasteiger partial charge in [-0.1, -0.05) is 0 Å². The first kappa shape index (κ1) is 7.59. The lowest BCUT2D eigenvalue weighted by molar-refractivity contribution is 0.397. The van der Waals surface area contributed by atoms with E-state index < -0.39 is 0 Å². The summed E-state index contributed by atoms with van der Waals surface area (Å²) in [5, 5.41) is 0. The van der Waals surface area contributed by atoms with E-state index in [2.05, 4.69) is 4.98 Å². The third-order valence-electron chi connectivity index (χ3n) is 1.06. The van der Waals surface area contributed by atoms with Crippen LogP contribution >= 0.6 is 22.6 Å². The summed E-state index contributed by atoms with van der Waals surface area (Å²) in [6, 6.07) is 1.42. The van der Waals surface area contributed by atoms with Crippen molar-refractivity contribution in [2.75, 3.05) is 7.11 Å². The van der Waals surface area contributed by atoms with Crippen LogP contribution in [-0.4, -0.2) is 12.1 Å². The van der Waals surface area contributed by atoms with Crippen molar-refractivity contribution in [2.45, 2.75) is 0 Å². The molecule has 10 heavy (non-hydrogen) atoms. The van der Waals surface area contributed by atoms with Crippen LogP contribution in [0.1, 0.15) is 0 Å². The second-order valence-corrected chi connectivity index (χ2v) is 2.88. The molecule has 3 nitrogen and oxygen atoms in total. The molecule has 0 spiro atoms. The molecule has 0 fully saturated rings. The molecule has 4 heteroatoms. The molecule has 1 N–H and O–H groups in total. The van der Waals surface area contributed by atoms with E-state index >= 15 is 0 Å². The Morgan fingerprint density at radius 3 is 2.90 bits per heavy atom. The van der Waals surface area contributed by atoms with Crippen LogP contribution in [0.2, 0.25) is 0 Å². The largest absolute Gasteiger partial charge is 0.482 e. The van der Waals surface area contributed by atoms with Crippen molar-refractivity contribution in [1.82, 2.24) is 4.98 Å². The van der Waals surface area contributed by atoms with Crippen molar-refractivity contribution in [3.8, 4) is 5.88 Å². The van der Waals surface area contributed by atoms with Crippen LogP contribution in [0.25, 0.3) is 0 Å². The van der Waals surface area contributed by atoms with Crippen molar-refractivity contribution in [1.29, 1.82) is 0 Å². The lowest BCUT2D eigenvalue weighted by atomic mass is 10.5. The summed E-state index contributed by atoms with van der Waals surface area (Å²) in [4.78, 5) is 13.7. The first-order valence-corrected chi connectivity index (χ1v) is 3.74. The van der Waals surface area contributed by atoms with E-state index in [0.29, 0.717) is 9.45 Å². The van der Waals surface area contributed by atoms with Gasteiger partial charge in [0.05, 0.1) is 10.7 Å². The molecule has 0 saturated heterocycles. The van der Waals surface area contributed by atoms with Gasteiger partial charge in [-0.15, -0.1) is 0 Å². The average molecular weight is 251 g/mol. The maximum absolute atomic E-state index is 10.9. The topological polar surface area (TPSA) is 42.1 Å². The number of methoxy groups -OCH3 is 1. The summed E-state index contributed by atoms with van der Waals surface area (Å²) in [5.74, 6) is 0.491. The van der Waals surface area contributed by atoms with E-state index in [0.717, 1.165) is 0 Å². The van der Waals surface area contributed by atoms with E-state index in [4.69, 9.17) is 4.74 Å². The minimum atomic E-state index is -0.0174. The Balaban J connectivity index is 3.17. The highest BCUT2D eigenvalue weighted by molar-refractivity contribution is 14.1. The van der Waals surface area contributed by atoms with Gasteiger partial charge in [-0.25, -0.2) is 0 Å². The molecule has 0 aromatic carbocycles. The van der Waals surface area contributed by atoms with Gasteiger partial charge in [0.1, 0.15) is 0 Å². The quantitative estimate of drug-likeness (QED) is 0.756. The molecule has 1 aromatic heterocycles. The van der Waals surface area contributed by atoms with E-state index in [1.807, 2.05) is 22.6 Å². The maximum Gasteiger partial charge on any atom is 0.198 e. The van der Waals surface area contributed by atoms with Crippen molar-refractivity contribution >= 4 is 22.6 Å². The zero-order valence-corrected chi connectivity index (χ0v) is 7.51. The van der Waals surface area contributed by atoms with Gasteiger partial charge in [0.25, 0.3) is 0 Å². The zero-order chi connectivity index (χ0) is 7.56. The highest BCUT2D eigenvalue weighted by Crippen LogP contribution is 2.02. The molecule has 0 aliphatic carbocycles. The van der Waals surface area contributed by atoms with Gasteiger partial charge >= 0.3 is 0 Å². The van der Waals surface area contributed by atoms with Gasteiger partial charge in [-0.05, 0) is 22.6 Å². The SMILES string of the molecule is COc1cc(=O)c(I)c[nH]1. The van der Waals surface area contributed by atoms with E-state index in [1.54, 1.807) is 6.20 Å². The third kappa shape index (κ3) is 1.50. The molecule has 0 aliphatic heterocycles. The minimum Gasteiger partial charge on any atom is -0.482 e. The van der Waals surface area contributed by atoms with Crippen LogP contribution in [0.3, 0.4) is 0 Å². The number of hydrogen-bond acceptors (Lipinski definition) is 2. The van der Waals surface area contributed by atoms with E-state index in [-0.39, 0.29) is 5.43 Å². The van der Waals surface area contributed by atoms with Crippen molar-refractivity contribution in [3.63, 3.8) is 0 Å². The van der Waals surface area contributed by atoms with Crippen LogP contribution in [0, 0.1) is 3.57 Å². The van der Waals surface area contributed by atoms with Crippen molar-refractivity contribution in [3.05, 3.63) is 26.1 Å². The Kier molecular flexibility index (Phi) is 2.31. The lowest BCUT2D eigenvalue weighted by Gasteiger charge is -1.96. The van der Waals surface area contributed by atoms with Gasteiger partial charge in [0.2, 0.25) is 0 Å². The number of pyridine rings is 1. The molecule has 0 aliphatic rings. The smallest absolute Gasteiger partial charge is 0.198 e. The third-order valence-corrected chi connectivity index (χ3v) is 1.90. The normalized spacial score (nSPS) is 9.40. The Bertz CT molecular complexity index is 281. The second kappa shape index (κ2) is 3.05. The number of ether oxygens (including phenoxy) is 1. The molecule has 0 unspecified atom stereocenters. The molecule has 0 saturated carbocycles. The van der Waals surface area contributed by atoms with Gasteiger partial charge in [0, 0.05) is 12.3 Å². The molecule has 1 aromatic rings. The molecular formula is C6H6INO2. The number of nitrogens with one attached hydrogen (secondary N) is 1. The predicted molar refractivity (Wildman–Crippen MR) is 46.3 cm³/mol. The molecule has 0 amide bonds. The zero-order valence-electron chi connectivity index (χ0n) is 5.35. The van der Waals surface area contributed by atoms with Gasteiger partial charge in [-0.3, -0.25) is 4.79 Å². The minimum absolute atomic E-state index is 0.0174. The fraction of sp³-hybridized carbons (Fsp3) is 0.167.